The fraction of sp³-hybridized carbons (Fsp3) is 0.160. The number of nitrogens with one attached hydrogen (secondary N) is 3. The van der Waals surface area contributed by atoms with Crippen LogP contribution >= 0.6 is 0 Å². The molecule has 0 radical (unpaired) electrons. The molecular weight excluding hydrogens is 388 g/mol. The molecule has 0 spiro atoms. The van der Waals surface area contributed by atoms with Crippen molar-refractivity contribution in [3.8, 4) is 0 Å². The molecule has 0 aliphatic heterocycles. The van der Waals surface area contributed by atoms with Gasteiger partial charge in [0, 0.05) is 10.9 Å². The number of aromatic nitrogens is 2. The van der Waals surface area contributed by atoms with Gasteiger partial charge in [-0.3, -0.25) is 14.7 Å². The predicted molar refractivity (Wildman–Crippen MR) is 122 cm³/mol. The molecule has 0 saturated carbocycles. The van der Waals surface area contributed by atoms with Crippen LogP contribution in [0.15, 0.2) is 79.0 Å². The van der Waals surface area contributed by atoms with Gasteiger partial charge < -0.3 is 10.6 Å². The summed E-state index contributed by atoms with van der Waals surface area (Å²) in [6.07, 6.45) is 2.83. The zero-order chi connectivity index (χ0) is 21.6. The lowest BCUT2D eigenvalue weighted by molar-refractivity contribution is -0.118. The molecule has 0 fully saturated rings. The number of aryl methyl sites for hydroxylation is 2. The van der Waals surface area contributed by atoms with Crippen molar-refractivity contribution >= 4 is 28.4 Å². The van der Waals surface area contributed by atoms with Crippen LogP contribution in [0.2, 0.25) is 0 Å². The van der Waals surface area contributed by atoms with Crippen LogP contribution in [0, 0.1) is 6.92 Å². The number of benzene rings is 3. The molecule has 3 N–H and O–H groups in total. The predicted octanol–water partition coefficient (Wildman–Crippen LogP) is 4.24. The van der Waals surface area contributed by atoms with Crippen LogP contribution in [-0.4, -0.2) is 28.1 Å². The van der Waals surface area contributed by atoms with Crippen molar-refractivity contribution in [1.29, 1.82) is 0 Å². The number of fused-ring (bicyclic) bond motifs is 1. The molecule has 0 saturated heterocycles. The lowest BCUT2D eigenvalue weighted by Crippen LogP contribution is -2.44. The number of amides is 2. The van der Waals surface area contributed by atoms with E-state index in [9.17, 15) is 9.59 Å². The van der Waals surface area contributed by atoms with Gasteiger partial charge in [0.1, 0.15) is 6.04 Å². The molecule has 1 atom stereocenters. The number of carbonyl (C=O) groups is 2. The van der Waals surface area contributed by atoms with E-state index >= 15 is 0 Å². The Bertz CT molecular complexity index is 1200. The lowest BCUT2D eigenvalue weighted by Gasteiger charge is -2.19. The van der Waals surface area contributed by atoms with Gasteiger partial charge in [0.05, 0.1) is 17.4 Å². The third kappa shape index (κ3) is 4.80. The standard InChI is InChI=1S/C25H24N4O2/c1-17-8-5-6-11-19(17)24(30)28-23(15-14-18-9-3-2-4-10-18)25(31)27-21-12-7-13-22-20(21)16-26-29-22/h2-13,16,23H,14-15H2,1H3,(H,26,29)(H,27,31)(H,28,30). The summed E-state index contributed by atoms with van der Waals surface area (Å²) in [6, 6.07) is 22.2. The molecule has 0 aliphatic rings. The summed E-state index contributed by atoms with van der Waals surface area (Å²) >= 11 is 0. The number of rotatable bonds is 7. The Morgan fingerprint density at radius 2 is 1.74 bits per heavy atom. The summed E-state index contributed by atoms with van der Waals surface area (Å²) in [5, 5.41) is 13.7. The van der Waals surface area contributed by atoms with E-state index in [1.807, 2.05) is 73.7 Å². The second-order valence-electron chi connectivity index (χ2n) is 7.49. The zero-order valence-electron chi connectivity index (χ0n) is 17.3. The Balaban J connectivity index is 1.54. The van der Waals surface area contributed by atoms with Gasteiger partial charge in [-0.05, 0) is 49.1 Å². The van der Waals surface area contributed by atoms with Gasteiger partial charge in [0.15, 0.2) is 0 Å². The molecule has 1 unspecified atom stereocenters. The maximum Gasteiger partial charge on any atom is 0.252 e. The molecule has 0 aliphatic carbocycles. The molecule has 1 heterocycles. The van der Waals surface area contributed by atoms with Crippen molar-refractivity contribution < 1.29 is 9.59 Å². The number of hydrogen-bond donors (Lipinski definition) is 3. The van der Waals surface area contributed by atoms with Crippen LogP contribution < -0.4 is 10.6 Å². The minimum atomic E-state index is -0.686. The van der Waals surface area contributed by atoms with Crippen molar-refractivity contribution in [1.82, 2.24) is 15.5 Å². The van der Waals surface area contributed by atoms with Gasteiger partial charge in [-0.15, -0.1) is 0 Å². The molecule has 6 heteroatoms. The first-order valence-electron chi connectivity index (χ1n) is 10.2. The molecule has 1 aromatic heterocycles. The molecule has 3 aromatic carbocycles. The van der Waals surface area contributed by atoms with Crippen molar-refractivity contribution in [3.63, 3.8) is 0 Å². The molecule has 0 bridgehead atoms. The Kier molecular flexibility index (Phi) is 6.08. The fourth-order valence-corrected chi connectivity index (χ4v) is 3.59. The number of carbonyl (C=O) groups excluding carboxylic acids is 2. The highest BCUT2D eigenvalue weighted by Gasteiger charge is 2.23. The van der Waals surface area contributed by atoms with Crippen LogP contribution in [0.1, 0.15) is 27.9 Å². The van der Waals surface area contributed by atoms with E-state index in [4.69, 9.17) is 0 Å². The van der Waals surface area contributed by atoms with Crippen molar-refractivity contribution in [2.24, 2.45) is 0 Å². The topological polar surface area (TPSA) is 86.9 Å². The van der Waals surface area contributed by atoms with E-state index in [-0.39, 0.29) is 11.8 Å². The summed E-state index contributed by atoms with van der Waals surface area (Å²) < 4.78 is 0. The number of anilines is 1. The summed E-state index contributed by atoms with van der Waals surface area (Å²) in [5.41, 5.74) is 4.04. The minimum Gasteiger partial charge on any atom is -0.340 e. The Morgan fingerprint density at radius 3 is 2.55 bits per heavy atom. The highest BCUT2D eigenvalue weighted by molar-refractivity contribution is 6.05. The second-order valence-corrected chi connectivity index (χ2v) is 7.49. The summed E-state index contributed by atoms with van der Waals surface area (Å²) in [7, 11) is 0. The first kappa shape index (κ1) is 20.3. The Morgan fingerprint density at radius 1 is 0.968 bits per heavy atom. The summed E-state index contributed by atoms with van der Waals surface area (Å²) in [4.78, 5) is 26.1. The van der Waals surface area contributed by atoms with Crippen LogP contribution in [-0.2, 0) is 11.2 Å². The van der Waals surface area contributed by atoms with Crippen molar-refractivity contribution in [3.05, 3.63) is 95.7 Å². The van der Waals surface area contributed by atoms with Gasteiger partial charge in [0.25, 0.3) is 5.91 Å². The van der Waals surface area contributed by atoms with Crippen molar-refractivity contribution in [2.45, 2.75) is 25.8 Å². The van der Waals surface area contributed by atoms with E-state index in [2.05, 4.69) is 20.8 Å². The quantitative estimate of drug-likeness (QED) is 0.424. The smallest absolute Gasteiger partial charge is 0.252 e. The number of nitrogens with zero attached hydrogens (tertiary/aromatic N) is 1. The van der Waals surface area contributed by atoms with Crippen LogP contribution in [0.5, 0.6) is 0 Å². The third-order valence-electron chi connectivity index (χ3n) is 5.32. The van der Waals surface area contributed by atoms with E-state index in [1.165, 1.54) is 0 Å². The minimum absolute atomic E-state index is 0.257. The van der Waals surface area contributed by atoms with Crippen LogP contribution in [0.4, 0.5) is 5.69 Å². The molecule has 4 aromatic rings. The summed E-state index contributed by atoms with van der Waals surface area (Å²) in [6.45, 7) is 1.88. The lowest BCUT2D eigenvalue weighted by atomic mass is 10.0. The van der Waals surface area contributed by atoms with Gasteiger partial charge in [0.2, 0.25) is 5.91 Å². The van der Waals surface area contributed by atoms with Crippen molar-refractivity contribution in [2.75, 3.05) is 5.32 Å². The number of H-pyrrole nitrogens is 1. The second kappa shape index (κ2) is 9.26. The largest absolute Gasteiger partial charge is 0.340 e. The zero-order valence-corrected chi connectivity index (χ0v) is 17.3. The fourth-order valence-electron chi connectivity index (χ4n) is 3.59. The van der Waals surface area contributed by atoms with Gasteiger partial charge in [-0.1, -0.05) is 54.6 Å². The Labute approximate surface area is 180 Å². The molecule has 6 nitrogen and oxygen atoms in total. The maximum absolute atomic E-state index is 13.2. The first-order chi connectivity index (χ1) is 15.1. The van der Waals surface area contributed by atoms with E-state index in [0.29, 0.717) is 24.1 Å². The summed E-state index contributed by atoms with van der Waals surface area (Å²) in [5.74, 6) is -0.514. The maximum atomic E-state index is 13.2. The normalized spacial score (nSPS) is 11.8. The molecule has 2 amide bonds. The van der Waals surface area contributed by atoms with Gasteiger partial charge in [-0.2, -0.15) is 5.10 Å². The van der Waals surface area contributed by atoms with E-state index < -0.39 is 6.04 Å². The van der Waals surface area contributed by atoms with Gasteiger partial charge >= 0.3 is 0 Å². The number of aromatic amines is 1. The van der Waals surface area contributed by atoms with Crippen LogP contribution in [0.25, 0.3) is 10.9 Å². The molecular formula is C25H24N4O2. The average molecular weight is 412 g/mol. The average Bonchev–Trinajstić information content (AvgIpc) is 3.27. The third-order valence-corrected chi connectivity index (χ3v) is 5.32. The molecule has 4 rings (SSSR count). The SMILES string of the molecule is Cc1ccccc1C(=O)NC(CCc1ccccc1)C(=O)Nc1cccc2[nH]ncc12. The molecule has 156 valence electrons. The highest BCUT2D eigenvalue weighted by atomic mass is 16.2. The van der Waals surface area contributed by atoms with E-state index in [0.717, 1.165) is 22.0 Å². The van der Waals surface area contributed by atoms with Crippen LogP contribution in [0.3, 0.4) is 0 Å². The number of hydrogen-bond acceptors (Lipinski definition) is 3. The first-order valence-corrected chi connectivity index (χ1v) is 10.2. The van der Waals surface area contributed by atoms with E-state index in [1.54, 1.807) is 12.3 Å². The van der Waals surface area contributed by atoms with Gasteiger partial charge in [-0.25, -0.2) is 0 Å². The Hall–Kier alpha value is -3.93. The monoisotopic (exact) mass is 412 g/mol. The molecule has 31 heavy (non-hydrogen) atoms. The highest BCUT2D eigenvalue weighted by Crippen LogP contribution is 2.21.